The molecule has 0 saturated carbocycles. The number of nitrogens with zero attached hydrogens (tertiary/aromatic N) is 2. The highest BCUT2D eigenvalue weighted by molar-refractivity contribution is 8.05. The Morgan fingerprint density at radius 2 is 1.92 bits per heavy atom. The van der Waals surface area contributed by atoms with Crippen molar-refractivity contribution in [3.8, 4) is 5.75 Å². The highest BCUT2D eigenvalue weighted by Crippen LogP contribution is 2.38. The van der Waals surface area contributed by atoms with Crippen molar-refractivity contribution in [2.45, 2.75) is 47.0 Å². The lowest BCUT2D eigenvalue weighted by Gasteiger charge is -2.39. The van der Waals surface area contributed by atoms with E-state index >= 15 is 0 Å². The van der Waals surface area contributed by atoms with Crippen LogP contribution in [0.1, 0.15) is 54.0 Å². The molecule has 0 radical (unpaired) electrons. The molecule has 0 aliphatic carbocycles. The summed E-state index contributed by atoms with van der Waals surface area (Å²) in [7, 11) is 1.53. The number of carbonyl (C=O) groups is 2. The molecule has 194 valence electrons. The first-order valence-electron chi connectivity index (χ1n) is 11.8. The number of carbonyl (C=O) groups excluding carboxylic acids is 1. The second-order valence-electron chi connectivity index (χ2n) is 8.88. The van der Waals surface area contributed by atoms with E-state index in [0.717, 1.165) is 10.6 Å². The van der Waals surface area contributed by atoms with Crippen LogP contribution < -0.4 is 4.74 Å². The highest BCUT2D eigenvalue weighted by atomic mass is 32.2. The van der Waals surface area contributed by atoms with Crippen LogP contribution in [0.25, 0.3) is 0 Å². The molecule has 1 aromatic heterocycles. The summed E-state index contributed by atoms with van der Waals surface area (Å²) in [5, 5.41) is 12.0. The topological polar surface area (TPSA) is 79.7 Å². The number of halogens is 1. The van der Waals surface area contributed by atoms with Gasteiger partial charge in [-0.05, 0) is 74.6 Å². The number of carboxylic acid groups (broad SMARTS) is 1. The molecule has 0 bridgehead atoms. The van der Waals surface area contributed by atoms with Crippen LogP contribution in [0.3, 0.4) is 0 Å². The van der Waals surface area contributed by atoms with Gasteiger partial charge < -0.3 is 14.7 Å². The molecule has 1 saturated heterocycles. The molecule has 1 fully saturated rings. The number of hydrogen-bond donors (Lipinski definition) is 1. The number of ether oxygens (including phenoxy) is 1. The van der Waals surface area contributed by atoms with E-state index in [2.05, 4.69) is 11.6 Å². The molecule has 0 unspecified atom stereocenters. The minimum atomic E-state index is -1.05. The highest BCUT2D eigenvalue weighted by Gasteiger charge is 2.43. The summed E-state index contributed by atoms with van der Waals surface area (Å²) >= 11 is 1.66. The fourth-order valence-electron chi connectivity index (χ4n) is 4.00. The molecule has 1 aliphatic rings. The van der Waals surface area contributed by atoms with Crippen LogP contribution in [0.15, 0.2) is 53.3 Å². The zero-order valence-corrected chi connectivity index (χ0v) is 22.5. The van der Waals surface area contributed by atoms with Gasteiger partial charge in [-0.25, -0.2) is 4.39 Å². The normalized spacial score (nSPS) is 14.7. The third-order valence-electron chi connectivity index (χ3n) is 6.09. The predicted molar refractivity (Wildman–Crippen MR) is 143 cm³/mol. The minimum Gasteiger partial charge on any atom is -0.495 e. The summed E-state index contributed by atoms with van der Waals surface area (Å²) in [4.78, 5) is 32.1. The first kappa shape index (κ1) is 29.1. The Labute approximate surface area is 217 Å². The number of pyridine rings is 1. The van der Waals surface area contributed by atoms with E-state index in [1.165, 1.54) is 18.1 Å². The smallest absolute Gasteiger partial charge is 0.310 e. The van der Waals surface area contributed by atoms with E-state index < -0.39 is 23.1 Å². The molecule has 1 aromatic carbocycles. The van der Waals surface area contributed by atoms with Crippen LogP contribution >= 0.6 is 11.8 Å². The fraction of sp³-hybridized carbons (Fsp3) is 0.393. The largest absolute Gasteiger partial charge is 0.495 e. The number of carboxylic acids is 1. The van der Waals surface area contributed by atoms with Gasteiger partial charge in [-0.1, -0.05) is 24.8 Å². The lowest BCUT2D eigenvalue weighted by atomic mass is 9.74. The van der Waals surface area contributed by atoms with E-state index in [-0.39, 0.29) is 37.9 Å². The van der Waals surface area contributed by atoms with Crippen LogP contribution in [0, 0.1) is 25.1 Å². The molecule has 3 rings (SSSR count). The number of piperidine rings is 1. The summed E-state index contributed by atoms with van der Waals surface area (Å²) < 4.78 is 19.7. The maximum atomic E-state index is 14.3. The van der Waals surface area contributed by atoms with Gasteiger partial charge in [-0.15, -0.1) is 11.8 Å². The van der Waals surface area contributed by atoms with E-state index in [1.54, 1.807) is 36.9 Å². The third kappa shape index (κ3) is 7.43. The van der Waals surface area contributed by atoms with Crippen molar-refractivity contribution in [2.75, 3.05) is 20.2 Å². The monoisotopic (exact) mass is 514 g/mol. The number of thioether (sulfide) groups is 1. The number of likely N-dealkylation sites (tertiary alicyclic amines) is 1. The Bertz CT molecular complexity index is 1120. The Hall–Kier alpha value is -3.13. The average Bonchev–Trinajstić information content (AvgIpc) is 2.85. The maximum Gasteiger partial charge on any atom is 0.310 e. The van der Waals surface area contributed by atoms with Crippen LogP contribution in [0.5, 0.6) is 5.75 Å². The molecule has 0 atom stereocenters. The molecule has 0 spiro atoms. The van der Waals surface area contributed by atoms with Gasteiger partial charge in [0.25, 0.3) is 5.91 Å². The molecule has 2 heterocycles. The summed E-state index contributed by atoms with van der Waals surface area (Å²) in [5.74, 6) is -1.30. The van der Waals surface area contributed by atoms with Gasteiger partial charge in [-0.3, -0.25) is 14.6 Å². The fourth-order valence-corrected chi connectivity index (χ4v) is 4.37. The number of aliphatic carboxylic acids is 1. The predicted octanol–water partition coefficient (Wildman–Crippen LogP) is 6.18. The van der Waals surface area contributed by atoms with Gasteiger partial charge in [0, 0.05) is 25.2 Å². The van der Waals surface area contributed by atoms with Crippen molar-refractivity contribution in [1.82, 2.24) is 9.88 Å². The summed E-state index contributed by atoms with van der Waals surface area (Å²) in [6.07, 6.45) is 2.74. The number of benzene rings is 1. The molecule has 1 N–H and O–H groups in total. The number of methoxy groups -OCH3 is 1. The van der Waals surface area contributed by atoms with Gasteiger partial charge >= 0.3 is 5.97 Å². The summed E-state index contributed by atoms with van der Waals surface area (Å²) in [6, 6.07) is 8.32. The minimum absolute atomic E-state index is 0.0230. The average molecular weight is 515 g/mol. The first-order chi connectivity index (χ1) is 17.0. The van der Waals surface area contributed by atoms with Crippen molar-refractivity contribution in [2.24, 2.45) is 5.41 Å². The summed E-state index contributed by atoms with van der Waals surface area (Å²) in [6.45, 7) is 11.6. The molecular weight excluding hydrogens is 479 g/mol. The number of aromatic nitrogens is 1. The Kier molecular flexibility index (Phi) is 10.7. The SMILES string of the molecule is C=C(C)S/C=C\C.COc1ccc(C)nc1CC1(C(=O)O)CCN(C(=O)c2cccc(C)c2F)CC1. The summed E-state index contributed by atoms with van der Waals surface area (Å²) in [5.41, 5.74) is 0.763. The van der Waals surface area contributed by atoms with Crippen molar-refractivity contribution in [3.05, 3.63) is 81.6 Å². The van der Waals surface area contributed by atoms with Gasteiger partial charge in [-0.2, -0.15) is 0 Å². The Balaban J connectivity index is 0.000000572. The van der Waals surface area contributed by atoms with Crippen LogP contribution in [-0.2, 0) is 11.2 Å². The zero-order valence-electron chi connectivity index (χ0n) is 21.6. The van der Waals surface area contributed by atoms with Crippen LogP contribution in [0.4, 0.5) is 4.39 Å². The van der Waals surface area contributed by atoms with E-state index in [9.17, 15) is 19.1 Å². The number of rotatable bonds is 7. The lowest BCUT2D eigenvalue weighted by molar-refractivity contribution is -0.151. The Morgan fingerprint density at radius 3 is 2.44 bits per heavy atom. The van der Waals surface area contributed by atoms with E-state index in [4.69, 9.17) is 4.74 Å². The molecule has 1 aliphatic heterocycles. The molecular formula is C28H35FN2O4S. The van der Waals surface area contributed by atoms with Crippen LogP contribution in [0.2, 0.25) is 0 Å². The number of allylic oxidation sites excluding steroid dienone is 2. The second kappa shape index (κ2) is 13.3. The molecule has 36 heavy (non-hydrogen) atoms. The van der Waals surface area contributed by atoms with Crippen LogP contribution in [-0.4, -0.2) is 47.1 Å². The number of amides is 1. The zero-order chi connectivity index (χ0) is 26.9. The van der Waals surface area contributed by atoms with Gasteiger partial charge in [0.1, 0.15) is 11.6 Å². The van der Waals surface area contributed by atoms with Crippen molar-refractivity contribution < 1.29 is 23.8 Å². The number of aryl methyl sites for hydroxylation is 2. The first-order valence-corrected chi connectivity index (χ1v) is 12.6. The quantitative estimate of drug-likeness (QED) is 0.475. The molecule has 8 heteroatoms. The van der Waals surface area contributed by atoms with Crippen molar-refractivity contribution in [1.29, 1.82) is 0 Å². The molecule has 1 amide bonds. The number of hydrogen-bond acceptors (Lipinski definition) is 5. The van der Waals surface area contributed by atoms with E-state index in [1.807, 2.05) is 38.3 Å². The van der Waals surface area contributed by atoms with Crippen molar-refractivity contribution >= 4 is 23.6 Å². The standard InChI is InChI=1S/C22H25FN2O4.C6H10S/c1-14-5-4-6-16(19(14)23)20(26)25-11-9-22(10-12-25,21(27)28)13-17-18(29-3)8-7-15(2)24-17;1-4-5-7-6(2)3/h4-8H,9-13H2,1-3H3,(H,27,28);4-5H,2H2,1,3H3/b;5-4-. The maximum absolute atomic E-state index is 14.3. The second-order valence-corrected chi connectivity index (χ2v) is 10.1. The van der Waals surface area contributed by atoms with Crippen molar-refractivity contribution in [3.63, 3.8) is 0 Å². The third-order valence-corrected chi connectivity index (χ3v) is 6.90. The lowest BCUT2D eigenvalue weighted by Crippen LogP contribution is -2.48. The van der Waals surface area contributed by atoms with Gasteiger partial charge in [0.2, 0.25) is 0 Å². The van der Waals surface area contributed by atoms with Gasteiger partial charge in [0.15, 0.2) is 0 Å². The van der Waals surface area contributed by atoms with E-state index in [0.29, 0.717) is 17.0 Å². The Morgan fingerprint density at radius 1 is 1.25 bits per heavy atom. The molecule has 6 nitrogen and oxygen atoms in total. The molecule has 2 aromatic rings. The van der Waals surface area contributed by atoms with Gasteiger partial charge in [0.05, 0.1) is 23.8 Å².